The van der Waals surface area contributed by atoms with Crippen LogP contribution in [0.3, 0.4) is 0 Å². The Morgan fingerprint density at radius 2 is 2.27 bits per heavy atom. The van der Waals surface area contributed by atoms with Gasteiger partial charge in [0, 0.05) is 6.04 Å². The lowest BCUT2D eigenvalue weighted by molar-refractivity contribution is -0.145. The number of hydrogen-bond acceptors (Lipinski definition) is 3. The number of nitrogens with one attached hydrogen (secondary N) is 1. The van der Waals surface area contributed by atoms with Crippen molar-refractivity contribution >= 4 is 18.4 Å². The Balaban J connectivity index is 0.000001000. The Morgan fingerprint density at radius 1 is 1.64 bits per heavy atom. The average Bonchev–Trinajstić information content (AvgIpc) is 2.34. The molecule has 0 amide bonds. The normalized spacial score (nSPS) is 29.3. The third-order valence-corrected chi connectivity index (χ3v) is 2.03. The van der Waals surface area contributed by atoms with Crippen LogP contribution in [0, 0.1) is 5.92 Å². The van der Waals surface area contributed by atoms with Crippen LogP contribution in [-0.4, -0.2) is 25.7 Å². The summed E-state index contributed by atoms with van der Waals surface area (Å²) in [5, 5.41) is 3.18. The first kappa shape index (κ1) is 10.7. The predicted molar refractivity (Wildman–Crippen MR) is 44.8 cm³/mol. The Bertz CT molecular complexity index is 140. The van der Waals surface area contributed by atoms with Gasteiger partial charge in [-0.2, -0.15) is 0 Å². The van der Waals surface area contributed by atoms with Crippen LogP contribution in [0.15, 0.2) is 0 Å². The first-order valence-corrected chi connectivity index (χ1v) is 3.57. The second-order valence-electron chi connectivity index (χ2n) is 2.66. The molecule has 0 aromatic carbocycles. The monoisotopic (exact) mass is 179 g/mol. The maximum atomic E-state index is 11.0. The molecular weight excluding hydrogens is 166 g/mol. The van der Waals surface area contributed by atoms with E-state index in [0.717, 1.165) is 13.0 Å². The van der Waals surface area contributed by atoms with Gasteiger partial charge in [-0.1, -0.05) is 0 Å². The maximum absolute atomic E-state index is 11.0. The molecule has 1 aliphatic rings. The Labute approximate surface area is 72.9 Å². The number of hydrogen-bond donors (Lipinski definition) is 1. The standard InChI is InChI=1S/C7H13NO2.ClH/c1-5-6(3-4-8-5)7(9)10-2;/h5-6,8H,3-4H2,1-2H3;1H/t5-,6+;/m0./s1. The molecule has 2 atom stereocenters. The zero-order valence-corrected chi connectivity index (χ0v) is 7.61. The molecule has 1 rings (SSSR count). The first-order chi connectivity index (χ1) is 4.75. The lowest BCUT2D eigenvalue weighted by Gasteiger charge is -2.10. The van der Waals surface area contributed by atoms with Crippen molar-refractivity contribution in [3.8, 4) is 0 Å². The van der Waals surface area contributed by atoms with E-state index in [1.54, 1.807) is 0 Å². The van der Waals surface area contributed by atoms with Crippen molar-refractivity contribution in [2.24, 2.45) is 5.92 Å². The summed E-state index contributed by atoms with van der Waals surface area (Å²) < 4.78 is 4.63. The second kappa shape index (κ2) is 4.57. The molecule has 0 radical (unpaired) electrons. The molecule has 0 spiro atoms. The molecule has 0 aliphatic carbocycles. The lowest BCUT2D eigenvalue weighted by Crippen LogP contribution is -2.28. The third kappa shape index (κ3) is 2.34. The van der Waals surface area contributed by atoms with E-state index < -0.39 is 0 Å². The van der Waals surface area contributed by atoms with Crippen LogP contribution in [0.1, 0.15) is 13.3 Å². The number of methoxy groups -OCH3 is 1. The molecule has 4 heteroatoms. The molecule has 1 fully saturated rings. The molecule has 0 unspecified atom stereocenters. The van der Waals surface area contributed by atoms with Crippen LogP contribution in [0.25, 0.3) is 0 Å². The molecule has 1 aliphatic heterocycles. The summed E-state index contributed by atoms with van der Waals surface area (Å²) in [4.78, 5) is 11.0. The van der Waals surface area contributed by atoms with Crippen molar-refractivity contribution in [2.45, 2.75) is 19.4 Å². The molecule has 0 aromatic heterocycles. The zero-order chi connectivity index (χ0) is 7.56. The van der Waals surface area contributed by atoms with Gasteiger partial charge in [0.1, 0.15) is 0 Å². The van der Waals surface area contributed by atoms with Crippen LogP contribution in [0.2, 0.25) is 0 Å². The van der Waals surface area contributed by atoms with E-state index in [2.05, 4.69) is 10.1 Å². The highest BCUT2D eigenvalue weighted by molar-refractivity contribution is 5.85. The van der Waals surface area contributed by atoms with Crippen LogP contribution in [-0.2, 0) is 9.53 Å². The van der Waals surface area contributed by atoms with Crippen LogP contribution in [0.4, 0.5) is 0 Å². The first-order valence-electron chi connectivity index (χ1n) is 3.57. The molecule has 1 N–H and O–H groups in total. The highest BCUT2D eigenvalue weighted by Crippen LogP contribution is 2.15. The fourth-order valence-electron chi connectivity index (χ4n) is 1.33. The number of rotatable bonds is 1. The van der Waals surface area contributed by atoms with E-state index in [1.165, 1.54) is 7.11 Å². The van der Waals surface area contributed by atoms with E-state index in [1.807, 2.05) is 6.92 Å². The van der Waals surface area contributed by atoms with Crippen molar-refractivity contribution in [2.75, 3.05) is 13.7 Å². The summed E-state index contributed by atoms with van der Waals surface area (Å²) in [6.45, 7) is 2.94. The van der Waals surface area contributed by atoms with Crippen molar-refractivity contribution in [1.82, 2.24) is 5.32 Å². The topological polar surface area (TPSA) is 38.3 Å². The summed E-state index contributed by atoms with van der Waals surface area (Å²) in [5.74, 6) is -0.0116. The fourth-order valence-corrected chi connectivity index (χ4v) is 1.33. The van der Waals surface area contributed by atoms with Gasteiger partial charge in [-0.3, -0.25) is 4.79 Å². The molecule has 0 bridgehead atoms. The van der Waals surface area contributed by atoms with Crippen molar-refractivity contribution < 1.29 is 9.53 Å². The smallest absolute Gasteiger partial charge is 0.310 e. The van der Waals surface area contributed by atoms with Gasteiger partial charge in [0.2, 0.25) is 0 Å². The summed E-state index contributed by atoms with van der Waals surface area (Å²) in [6, 6.07) is 0.285. The quantitative estimate of drug-likeness (QED) is 0.599. The SMILES string of the molecule is COC(=O)[C@@H]1CCN[C@H]1C.Cl. The second-order valence-corrected chi connectivity index (χ2v) is 2.66. The predicted octanol–water partition coefficient (Wildman–Crippen LogP) is 0.579. The highest BCUT2D eigenvalue weighted by Gasteiger charge is 2.29. The van der Waals surface area contributed by atoms with Crippen LogP contribution in [0.5, 0.6) is 0 Å². The fraction of sp³-hybridized carbons (Fsp3) is 0.857. The summed E-state index contributed by atoms with van der Waals surface area (Å²) in [7, 11) is 1.44. The van der Waals surface area contributed by atoms with E-state index in [4.69, 9.17) is 0 Å². The Hall–Kier alpha value is -0.280. The van der Waals surface area contributed by atoms with E-state index in [0.29, 0.717) is 0 Å². The van der Waals surface area contributed by atoms with Crippen LogP contribution < -0.4 is 5.32 Å². The minimum absolute atomic E-state index is 0. The van der Waals surface area contributed by atoms with Gasteiger partial charge >= 0.3 is 5.97 Å². The molecule has 0 aromatic rings. The van der Waals surface area contributed by atoms with Gasteiger partial charge in [0.05, 0.1) is 13.0 Å². The molecule has 3 nitrogen and oxygen atoms in total. The van der Waals surface area contributed by atoms with E-state index >= 15 is 0 Å². The van der Waals surface area contributed by atoms with Gasteiger partial charge in [-0.05, 0) is 19.9 Å². The van der Waals surface area contributed by atoms with E-state index in [-0.39, 0.29) is 30.3 Å². The van der Waals surface area contributed by atoms with E-state index in [9.17, 15) is 4.79 Å². The number of carbonyl (C=O) groups excluding carboxylic acids is 1. The largest absolute Gasteiger partial charge is 0.469 e. The molecule has 0 saturated carbocycles. The number of esters is 1. The zero-order valence-electron chi connectivity index (χ0n) is 6.79. The van der Waals surface area contributed by atoms with Crippen LogP contribution >= 0.6 is 12.4 Å². The minimum atomic E-state index is -0.0856. The molecule has 11 heavy (non-hydrogen) atoms. The molecular formula is C7H14ClNO2. The summed E-state index contributed by atoms with van der Waals surface area (Å²) in [6.07, 6.45) is 0.911. The number of ether oxygens (including phenoxy) is 1. The summed E-state index contributed by atoms with van der Waals surface area (Å²) >= 11 is 0. The van der Waals surface area contributed by atoms with Gasteiger partial charge in [0.25, 0.3) is 0 Å². The molecule has 66 valence electrons. The van der Waals surface area contributed by atoms with Gasteiger partial charge in [-0.15, -0.1) is 12.4 Å². The van der Waals surface area contributed by atoms with Gasteiger partial charge < -0.3 is 10.1 Å². The Kier molecular flexibility index (Phi) is 4.45. The van der Waals surface area contributed by atoms with Gasteiger partial charge in [0.15, 0.2) is 0 Å². The van der Waals surface area contributed by atoms with Gasteiger partial charge in [-0.25, -0.2) is 0 Å². The summed E-state index contributed by atoms with van der Waals surface area (Å²) in [5.41, 5.74) is 0. The number of halogens is 1. The van der Waals surface area contributed by atoms with Crippen molar-refractivity contribution in [1.29, 1.82) is 0 Å². The minimum Gasteiger partial charge on any atom is -0.469 e. The maximum Gasteiger partial charge on any atom is 0.310 e. The third-order valence-electron chi connectivity index (χ3n) is 2.03. The lowest BCUT2D eigenvalue weighted by atomic mass is 10.0. The van der Waals surface area contributed by atoms with Crippen molar-refractivity contribution in [3.05, 3.63) is 0 Å². The highest BCUT2D eigenvalue weighted by atomic mass is 35.5. The average molecular weight is 180 g/mol. The Morgan fingerprint density at radius 3 is 2.64 bits per heavy atom. The molecule has 1 heterocycles. The van der Waals surface area contributed by atoms with Crippen molar-refractivity contribution in [3.63, 3.8) is 0 Å². The molecule has 1 saturated heterocycles. The number of carbonyl (C=O) groups is 1.